The monoisotopic (exact) mass is 1780 g/mol. The molecule has 8 aliphatic heterocycles. The second kappa shape index (κ2) is 38.9. The molecule has 0 spiro atoms. The Morgan fingerprint density at radius 3 is 1.95 bits per heavy atom. The number of benzene rings is 6. The van der Waals surface area contributed by atoms with Crippen LogP contribution in [0.2, 0.25) is 10.0 Å². The van der Waals surface area contributed by atoms with Crippen LogP contribution in [-0.4, -0.2) is 251 Å². The van der Waals surface area contributed by atoms with E-state index in [4.69, 9.17) is 77.3 Å². The molecule has 1 saturated carbocycles. The quantitative estimate of drug-likeness (QED) is 0.0471. The number of carbonyl (C=O) groups excluding carboxylic acids is 7. The van der Waals surface area contributed by atoms with Crippen molar-refractivity contribution in [1.82, 2.24) is 42.5 Å². The van der Waals surface area contributed by atoms with Crippen molar-refractivity contribution in [3.05, 3.63) is 153 Å². The third kappa shape index (κ3) is 20.4. The Bertz CT molecular complexity index is 5000. The second-order valence-corrected chi connectivity index (χ2v) is 33.4. The number of aliphatic carboxylic acids is 1. The van der Waals surface area contributed by atoms with Gasteiger partial charge in [-0.3, -0.25) is 33.6 Å². The number of aliphatic hydroxyl groups excluding tert-OH is 8. The zero-order chi connectivity index (χ0) is 90.1. The molecule has 11 bridgehead atoms. The molecule has 15 rings (SSSR count). The number of rotatable bonds is 21. The molecular weight excluding hydrogens is 1680 g/mol. The zero-order valence-corrected chi connectivity index (χ0v) is 69.4. The topological polar surface area (TPSA) is 611 Å². The molecule has 41 heteroatoms. The van der Waals surface area contributed by atoms with Gasteiger partial charge in [0.1, 0.15) is 120 Å². The van der Waals surface area contributed by atoms with Crippen molar-refractivity contribution in [2.24, 2.45) is 17.4 Å². The first kappa shape index (κ1) is 92.4. The van der Waals surface area contributed by atoms with Gasteiger partial charge >= 0.3 is 5.97 Å². The molecule has 6 aromatic carbocycles. The van der Waals surface area contributed by atoms with Crippen molar-refractivity contribution >= 4 is 70.5 Å². The highest BCUT2D eigenvalue weighted by Crippen LogP contribution is 2.50. The van der Waals surface area contributed by atoms with Gasteiger partial charge in [-0.1, -0.05) is 85.6 Å². The SMILES string of the molecule is CN[C@H](CC(C)C)C(=O)NC1C(=O)NC(CC(N)=O)C(=O)N[C@H]2C(=O)N[C@H]3C(=O)N[C@H](C(=O)NC(C(=O)O)c4cc(O)cc(O)c4-c4cc3ccc4O)[C@H](O[C@H]3C[C@](C)(N)[C@@H](O)[C@H](C)O3)c3ccc(c(Cl)c3)Oc3cc2cc(c3O[C@@H]2O[C@H](CO)[C@@H](O[C@@H]3O[C@H](CNC4CCC[C@H]4OCc4ccccc4)[C@H](O)[C@H](O)[C@H]3O)[C@H](O)[C@H]2O)Oc2ccc(cc2Cl)[C@H]1O. The van der Waals surface area contributed by atoms with Crippen LogP contribution >= 0.6 is 23.2 Å². The Morgan fingerprint density at radius 1 is 0.664 bits per heavy atom. The number of hydrogen-bond donors (Lipinski definition) is 22. The standard InChI is InChI=1S/C84H100Cl2N10O29/c1-33(2)20-46(89-5)75(109)95-63-65(102)37-15-18-50(43(85)22-37)119-53-24-39-25-54(72(53)124-83-70(107)68(105)73(56(31-97)122-83)125-82-69(106)67(104)66(103)55(121-82)30-90-45-12-9-13-52(45)117-32-35-10-7-6-8-11-35)120-51-19-16-38(23-44(51)86)71(123-58-29-84(4,88)74(108)34(3)118-58)64-80(114)94-62(81(115)116)42-26-40(98)27-49(100)59(42)41-21-36(14-17-48(41)99)60(77(111)96-64)93-78(112)61(39)92-76(110)47(28-57(87)101)91-79(63)113/h6-8,10-11,14-19,21-27,33-34,45-47,52,55-56,58,60-71,73-74,82-83,89-90,97-100,102-108H,9,12-13,20,28-32,88H2,1-5H3,(H2,87,101)(H,91,113)(H,92,110)(H,93,112)(H,94,114)(H,95,109)(H,96,111)(H,115,116)/t34-,45?,46+,47?,52+,55+,56+,58-,60+,61+,62?,63?,64-,65+,66-,67-,68+,69+,70+,71+,73+,74-,82-,83-,84-/m0/s1. The molecule has 674 valence electrons. The van der Waals surface area contributed by atoms with Gasteiger partial charge in [-0.05, 0) is 135 Å². The minimum absolute atomic E-state index is 0.127. The highest BCUT2D eigenvalue weighted by molar-refractivity contribution is 6.32. The number of carboxylic acids is 1. The lowest BCUT2D eigenvalue weighted by molar-refractivity contribution is -0.350. The van der Waals surface area contributed by atoms with E-state index in [0.29, 0.717) is 19.4 Å². The summed E-state index contributed by atoms with van der Waals surface area (Å²) in [5.74, 6) is -16.6. The summed E-state index contributed by atoms with van der Waals surface area (Å²) in [5, 5.41) is 160. The summed E-state index contributed by atoms with van der Waals surface area (Å²) in [5.41, 5.74) is 8.97. The summed E-state index contributed by atoms with van der Waals surface area (Å²) in [6, 6.07) is 8.31. The van der Waals surface area contributed by atoms with E-state index in [1.54, 1.807) is 0 Å². The van der Waals surface area contributed by atoms with Crippen molar-refractivity contribution in [3.63, 3.8) is 0 Å². The Labute approximate surface area is 724 Å². The van der Waals surface area contributed by atoms with Gasteiger partial charge in [0, 0.05) is 47.3 Å². The number of likely N-dealkylation sites (N-methyl/N-ethyl adjacent to an activating group) is 1. The van der Waals surface area contributed by atoms with Crippen LogP contribution in [0.15, 0.2) is 109 Å². The van der Waals surface area contributed by atoms with E-state index in [9.17, 15) is 75.7 Å². The smallest absolute Gasteiger partial charge is 0.330 e. The molecule has 0 aromatic heterocycles. The maximum atomic E-state index is 16.4. The number of nitrogens with two attached hydrogens (primary N) is 2. The minimum Gasteiger partial charge on any atom is -0.508 e. The molecule has 1 aliphatic carbocycles. The normalized spacial score (nSPS) is 31.6. The van der Waals surface area contributed by atoms with E-state index < -0.39 is 279 Å². The Balaban J connectivity index is 0.968. The molecule has 25 atom stereocenters. The van der Waals surface area contributed by atoms with E-state index in [2.05, 4.69) is 42.5 Å². The Kier molecular flexibility index (Phi) is 28.8. The number of halogens is 2. The molecule has 39 nitrogen and oxygen atoms in total. The van der Waals surface area contributed by atoms with Crippen molar-refractivity contribution in [2.75, 3.05) is 20.2 Å². The molecule has 4 unspecified atom stereocenters. The lowest BCUT2D eigenvalue weighted by Crippen LogP contribution is -2.65. The van der Waals surface area contributed by atoms with Crippen LogP contribution in [0, 0.1) is 5.92 Å². The van der Waals surface area contributed by atoms with Crippen LogP contribution in [-0.2, 0) is 73.4 Å². The van der Waals surface area contributed by atoms with Crippen molar-refractivity contribution in [1.29, 1.82) is 0 Å². The van der Waals surface area contributed by atoms with E-state index in [-0.39, 0.29) is 54.1 Å². The second-order valence-electron chi connectivity index (χ2n) is 32.6. The van der Waals surface area contributed by atoms with Crippen molar-refractivity contribution in [3.8, 4) is 57.1 Å². The number of fused-ring (bicyclic) bond motifs is 15. The van der Waals surface area contributed by atoms with Gasteiger partial charge in [-0.2, -0.15) is 0 Å². The van der Waals surface area contributed by atoms with Crippen LogP contribution < -0.4 is 68.2 Å². The highest BCUT2D eigenvalue weighted by Gasteiger charge is 2.54. The largest absolute Gasteiger partial charge is 0.508 e. The van der Waals surface area contributed by atoms with Crippen LogP contribution in [0.25, 0.3) is 11.1 Å². The molecule has 24 N–H and O–H groups in total. The number of amides is 7. The third-order valence-corrected chi connectivity index (χ3v) is 23.6. The number of phenolic OH excluding ortho intramolecular Hbond substituents is 3. The van der Waals surface area contributed by atoms with Gasteiger partial charge in [0.15, 0.2) is 30.1 Å². The fourth-order valence-corrected chi connectivity index (χ4v) is 16.9. The maximum Gasteiger partial charge on any atom is 0.330 e. The average molecular weight is 1780 g/mol. The maximum absolute atomic E-state index is 16.4. The molecule has 6 aromatic rings. The van der Waals surface area contributed by atoms with Crippen LogP contribution in [0.4, 0.5) is 0 Å². The number of carbonyl (C=O) groups is 8. The zero-order valence-electron chi connectivity index (χ0n) is 67.9. The third-order valence-electron chi connectivity index (χ3n) is 23.0. The summed E-state index contributed by atoms with van der Waals surface area (Å²) >= 11 is 14.5. The molecule has 3 saturated heterocycles. The summed E-state index contributed by atoms with van der Waals surface area (Å²) in [6.45, 7) is 5.62. The fraction of sp³-hybridized carbons (Fsp3) is 0.476. The lowest BCUT2D eigenvalue weighted by Gasteiger charge is -2.46. The minimum atomic E-state index is -2.42. The van der Waals surface area contributed by atoms with Gasteiger partial charge in [-0.25, -0.2) is 4.79 Å². The van der Waals surface area contributed by atoms with E-state index in [1.165, 1.54) is 33.0 Å². The van der Waals surface area contributed by atoms with E-state index in [0.717, 1.165) is 78.7 Å². The number of aromatic hydroxyl groups is 3. The number of aliphatic hydroxyl groups is 8. The summed E-state index contributed by atoms with van der Waals surface area (Å²) in [6.07, 6.45) is -27.1. The Morgan fingerprint density at radius 2 is 1.30 bits per heavy atom. The van der Waals surface area contributed by atoms with Gasteiger partial charge in [0.25, 0.3) is 0 Å². The highest BCUT2D eigenvalue weighted by atomic mass is 35.5. The molecule has 125 heavy (non-hydrogen) atoms. The molecule has 8 heterocycles. The first-order valence-corrected chi connectivity index (χ1v) is 41.2. The van der Waals surface area contributed by atoms with Crippen LogP contribution in [0.3, 0.4) is 0 Å². The average Bonchev–Trinajstić information content (AvgIpc) is 0.857. The molecule has 7 amide bonds. The lowest BCUT2D eigenvalue weighted by atomic mass is 9.86. The summed E-state index contributed by atoms with van der Waals surface area (Å²) in [7, 11) is 1.46. The Hall–Kier alpha value is -10.2. The first-order valence-electron chi connectivity index (χ1n) is 40.4. The predicted octanol–water partition coefficient (Wildman–Crippen LogP) is 0.666. The molecule has 4 fully saturated rings. The van der Waals surface area contributed by atoms with E-state index in [1.807, 2.05) is 44.2 Å². The van der Waals surface area contributed by atoms with Gasteiger partial charge < -0.3 is 158 Å². The summed E-state index contributed by atoms with van der Waals surface area (Å²) < 4.78 is 57.7. The van der Waals surface area contributed by atoms with Gasteiger partial charge in [-0.15, -0.1) is 0 Å². The van der Waals surface area contributed by atoms with Gasteiger partial charge in [0.05, 0.1) is 54.0 Å². The van der Waals surface area contributed by atoms with Crippen molar-refractivity contribution < 1.29 is 142 Å². The summed E-state index contributed by atoms with van der Waals surface area (Å²) in [4.78, 5) is 120. The molecule has 0 radical (unpaired) electrons. The fourth-order valence-electron chi connectivity index (χ4n) is 16.4. The van der Waals surface area contributed by atoms with Crippen LogP contribution in [0.1, 0.15) is 130 Å². The number of hydrogen-bond acceptors (Lipinski definition) is 31. The molecular formula is C84H100Cl2N10O29. The first-order chi connectivity index (χ1) is 59.4. The number of phenols is 3. The number of ether oxygens (including phenoxy) is 9. The number of nitrogens with one attached hydrogen (secondary N) is 8. The number of carboxylic acid groups (broad SMARTS) is 1. The van der Waals surface area contributed by atoms with Gasteiger partial charge in [0.2, 0.25) is 53.4 Å². The van der Waals surface area contributed by atoms with Crippen LogP contribution in [0.5, 0.6) is 46.0 Å². The van der Waals surface area contributed by atoms with Crippen molar-refractivity contribution in [2.45, 2.75) is 225 Å². The molecule has 9 aliphatic rings. The predicted molar refractivity (Wildman–Crippen MR) is 436 cm³/mol. The van der Waals surface area contributed by atoms with E-state index >= 15 is 24.0 Å². The number of primary amides is 1.